The minimum Gasteiger partial charge on any atom is -0.490 e. The first-order valence-corrected chi connectivity index (χ1v) is 10.6. The molecule has 10 heteroatoms. The van der Waals surface area contributed by atoms with Gasteiger partial charge in [-0.25, -0.2) is 0 Å². The molecule has 152 valence electrons. The number of hydrogen-bond donors (Lipinski definition) is 2. The van der Waals surface area contributed by atoms with Crippen molar-refractivity contribution in [3.8, 4) is 11.5 Å². The number of Topliss-reactive ketones (excluding diaryl/α,β-unsaturated/α-hetero) is 1. The number of aromatic nitrogens is 2. The predicted octanol–water partition coefficient (Wildman–Crippen LogP) is 2.78. The molecule has 1 aromatic carbocycles. The lowest BCUT2D eigenvalue weighted by Crippen LogP contribution is -2.20. The highest BCUT2D eigenvalue weighted by Crippen LogP contribution is 2.42. The maximum atomic E-state index is 12.9. The summed E-state index contributed by atoms with van der Waals surface area (Å²) in [5, 5.41) is 18.0. The van der Waals surface area contributed by atoms with E-state index in [1.165, 1.54) is 11.3 Å². The number of hydrogen-bond acceptors (Lipinski definition) is 9. The number of allylic oxidation sites excluding steroid dienone is 1. The van der Waals surface area contributed by atoms with Crippen LogP contribution in [0.25, 0.3) is 6.08 Å². The summed E-state index contributed by atoms with van der Waals surface area (Å²) in [5.41, 5.74) is 5.84. The summed E-state index contributed by atoms with van der Waals surface area (Å²) in [6.45, 7) is 3.95. The second-order valence-corrected chi connectivity index (χ2v) is 8.23. The maximum absolute atomic E-state index is 12.9. The Labute approximate surface area is 176 Å². The lowest BCUT2D eigenvalue weighted by Gasteiger charge is -2.11. The molecule has 1 aromatic heterocycles. The molecule has 0 unspecified atom stereocenters. The second-order valence-electron chi connectivity index (χ2n) is 6.05. The molecule has 0 bridgehead atoms. The average Bonchev–Trinajstić information content (AvgIpc) is 3.25. The van der Waals surface area contributed by atoms with E-state index < -0.39 is 11.8 Å². The van der Waals surface area contributed by atoms with Crippen LogP contribution in [0.2, 0.25) is 0 Å². The summed E-state index contributed by atoms with van der Waals surface area (Å²) in [5.74, 6) is -0.592. The van der Waals surface area contributed by atoms with Gasteiger partial charge in [0.15, 0.2) is 23.9 Å². The molecule has 1 aliphatic rings. The highest BCUT2D eigenvalue weighted by atomic mass is 32.2. The molecule has 3 rings (SSSR count). The van der Waals surface area contributed by atoms with Crippen molar-refractivity contribution in [2.24, 2.45) is 5.73 Å². The Bertz CT molecular complexity index is 986. The standard InChI is InChI=1S/C19H20N4O4S2/c1-3-15-22-23-19(29-15)16-17(25)13(28-18(16)21)8-10-5-6-11(27-9-14(20)24)12(7-10)26-4-2/h5-8,16,21H,3-4,9H2,1-2H3,(H2,20,24)/b13-8-,21-18?/t16-/m1/s1. The zero-order valence-electron chi connectivity index (χ0n) is 15.9. The normalized spacial score (nSPS) is 17.7. The smallest absolute Gasteiger partial charge is 0.255 e. The van der Waals surface area contributed by atoms with Gasteiger partial charge in [0.25, 0.3) is 5.91 Å². The number of nitrogens with two attached hydrogens (primary N) is 1. The molecule has 2 aromatic rings. The number of carbonyl (C=O) groups is 2. The molecular weight excluding hydrogens is 412 g/mol. The number of amides is 1. The molecule has 3 N–H and O–H groups in total. The Kier molecular flexibility index (Phi) is 6.65. The van der Waals surface area contributed by atoms with Crippen LogP contribution in [0.3, 0.4) is 0 Å². The molecule has 1 fully saturated rings. The summed E-state index contributed by atoms with van der Waals surface area (Å²) in [6, 6.07) is 5.13. The fourth-order valence-corrected chi connectivity index (χ4v) is 4.60. The first-order chi connectivity index (χ1) is 13.9. The van der Waals surface area contributed by atoms with Crippen LogP contribution in [0, 0.1) is 5.41 Å². The number of rotatable bonds is 8. The third kappa shape index (κ3) is 4.83. The molecule has 8 nitrogen and oxygen atoms in total. The van der Waals surface area contributed by atoms with Gasteiger partial charge < -0.3 is 15.2 Å². The Balaban J connectivity index is 1.85. The number of carbonyl (C=O) groups excluding carboxylic acids is 2. The van der Waals surface area contributed by atoms with Crippen molar-refractivity contribution < 1.29 is 19.1 Å². The molecular formula is C19H20N4O4S2. The van der Waals surface area contributed by atoms with Gasteiger partial charge >= 0.3 is 0 Å². The summed E-state index contributed by atoms with van der Waals surface area (Å²) >= 11 is 2.49. The zero-order chi connectivity index (χ0) is 21.0. The highest BCUT2D eigenvalue weighted by Gasteiger charge is 2.39. The van der Waals surface area contributed by atoms with Crippen LogP contribution in [0.1, 0.15) is 35.3 Å². The monoisotopic (exact) mass is 432 g/mol. The Morgan fingerprint density at radius 2 is 2.07 bits per heavy atom. The molecule has 0 saturated carbocycles. The lowest BCUT2D eigenvalue weighted by atomic mass is 10.1. The summed E-state index contributed by atoms with van der Waals surface area (Å²) < 4.78 is 10.9. The fraction of sp³-hybridized carbons (Fsp3) is 0.316. The lowest BCUT2D eigenvalue weighted by molar-refractivity contribution is -0.120. The van der Waals surface area contributed by atoms with E-state index in [0.717, 1.165) is 28.8 Å². The zero-order valence-corrected chi connectivity index (χ0v) is 17.6. The van der Waals surface area contributed by atoms with Crippen LogP contribution >= 0.6 is 23.1 Å². The SMILES string of the molecule is CCOc1cc(/C=C2\SC(=N)[C@H](c3nnc(CC)s3)C2=O)ccc1OCC(N)=O. The summed E-state index contributed by atoms with van der Waals surface area (Å²) in [7, 11) is 0. The first kappa shape index (κ1) is 21.0. The molecule has 1 aliphatic heterocycles. The van der Waals surface area contributed by atoms with E-state index >= 15 is 0 Å². The van der Waals surface area contributed by atoms with Crippen LogP contribution < -0.4 is 15.2 Å². The number of nitrogens with zero attached hydrogens (tertiary/aromatic N) is 2. The van der Waals surface area contributed by atoms with Gasteiger partial charge in [0.2, 0.25) is 0 Å². The summed E-state index contributed by atoms with van der Waals surface area (Å²) in [4.78, 5) is 24.3. The number of benzene rings is 1. The maximum Gasteiger partial charge on any atom is 0.255 e. The molecule has 29 heavy (non-hydrogen) atoms. The number of aryl methyl sites for hydroxylation is 1. The third-order valence-electron chi connectivity index (χ3n) is 3.95. The fourth-order valence-electron chi connectivity index (χ4n) is 2.64. The number of nitrogens with one attached hydrogen (secondary N) is 1. The van der Waals surface area contributed by atoms with E-state index in [4.69, 9.17) is 20.6 Å². The number of ketones is 1. The minimum atomic E-state index is -0.686. The van der Waals surface area contributed by atoms with Crippen LogP contribution in [0.4, 0.5) is 0 Å². The molecule has 1 amide bonds. The Morgan fingerprint density at radius 1 is 1.28 bits per heavy atom. The van der Waals surface area contributed by atoms with Gasteiger partial charge in [0.05, 0.1) is 16.6 Å². The number of primary amides is 1. The summed E-state index contributed by atoms with van der Waals surface area (Å²) in [6.07, 6.45) is 2.45. The molecule has 0 spiro atoms. The number of thioether (sulfide) groups is 1. The van der Waals surface area contributed by atoms with Crippen LogP contribution in [-0.4, -0.2) is 40.1 Å². The van der Waals surface area contributed by atoms with Gasteiger partial charge in [-0.2, -0.15) is 0 Å². The van der Waals surface area contributed by atoms with Crippen molar-refractivity contribution in [1.29, 1.82) is 5.41 Å². The molecule has 2 heterocycles. The minimum absolute atomic E-state index is 0.161. The van der Waals surface area contributed by atoms with Gasteiger partial charge in [-0.05, 0) is 37.1 Å². The number of ether oxygens (including phenoxy) is 2. The van der Waals surface area contributed by atoms with Gasteiger partial charge in [0, 0.05) is 0 Å². The molecule has 1 saturated heterocycles. The average molecular weight is 433 g/mol. The largest absolute Gasteiger partial charge is 0.490 e. The van der Waals surface area contributed by atoms with E-state index in [1.807, 2.05) is 13.8 Å². The molecule has 0 radical (unpaired) electrons. The van der Waals surface area contributed by atoms with Crippen molar-refractivity contribution in [3.63, 3.8) is 0 Å². The highest BCUT2D eigenvalue weighted by molar-refractivity contribution is 8.19. The van der Waals surface area contributed by atoms with Gasteiger partial charge in [0.1, 0.15) is 15.9 Å². The van der Waals surface area contributed by atoms with Crippen molar-refractivity contribution in [2.45, 2.75) is 26.2 Å². The Hall–Kier alpha value is -2.72. The van der Waals surface area contributed by atoms with E-state index in [0.29, 0.717) is 28.0 Å². The van der Waals surface area contributed by atoms with Crippen molar-refractivity contribution in [1.82, 2.24) is 10.2 Å². The van der Waals surface area contributed by atoms with E-state index in [1.54, 1.807) is 24.3 Å². The van der Waals surface area contributed by atoms with Crippen LogP contribution in [0.15, 0.2) is 23.1 Å². The van der Waals surface area contributed by atoms with Gasteiger partial charge in [-0.3, -0.25) is 15.0 Å². The quantitative estimate of drug-likeness (QED) is 0.614. The van der Waals surface area contributed by atoms with Crippen LogP contribution in [-0.2, 0) is 16.0 Å². The van der Waals surface area contributed by atoms with Crippen molar-refractivity contribution >= 4 is 45.9 Å². The Morgan fingerprint density at radius 3 is 2.72 bits per heavy atom. The molecule has 1 atom stereocenters. The molecule has 0 aliphatic carbocycles. The van der Waals surface area contributed by atoms with Crippen molar-refractivity contribution in [2.75, 3.05) is 13.2 Å². The predicted molar refractivity (Wildman–Crippen MR) is 113 cm³/mol. The van der Waals surface area contributed by atoms with Crippen LogP contribution in [0.5, 0.6) is 11.5 Å². The van der Waals surface area contributed by atoms with E-state index in [9.17, 15) is 9.59 Å². The second kappa shape index (κ2) is 9.19. The van der Waals surface area contributed by atoms with Crippen molar-refractivity contribution in [3.05, 3.63) is 38.7 Å². The van der Waals surface area contributed by atoms with E-state index in [2.05, 4.69) is 10.2 Å². The van der Waals surface area contributed by atoms with Gasteiger partial charge in [-0.15, -0.1) is 21.5 Å². The van der Waals surface area contributed by atoms with E-state index in [-0.39, 0.29) is 17.4 Å². The van der Waals surface area contributed by atoms with Gasteiger partial charge in [-0.1, -0.05) is 24.8 Å². The topological polar surface area (TPSA) is 128 Å². The first-order valence-electron chi connectivity index (χ1n) is 8.95. The third-order valence-corrected chi connectivity index (χ3v) is 6.08.